The number of amides is 1. The molecule has 1 amide bonds. The van der Waals surface area contributed by atoms with Crippen LogP contribution < -0.4 is 9.64 Å². The Morgan fingerprint density at radius 3 is 2.74 bits per heavy atom. The molecule has 162 valence electrons. The summed E-state index contributed by atoms with van der Waals surface area (Å²) in [7, 11) is 0. The van der Waals surface area contributed by atoms with Crippen molar-refractivity contribution in [2.24, 2.45) is 0 Å². The normalized spacial score (nSPS) is 17.2. The molecule has 4 rings (SSSR count). The molecule has 0 N–H and O–H groups in total. The van der Waals surface area contributed by atoms with E-state index in [0.717, 1.165) is 11.5 Å². The smallest absolute Gasteiger partial charge is 0.393 e. The molecule has 2 aromatic carbocycles. The van der Waals surface area contributed by atoms with E-state index in [1.807, 2.05) is 24.3 Å². The van der Waals surface area contributed by atoms with Gasteiger partial charge in [-0.1, -0.05) is 24.3 Å². The summed E-state index contributed by atoms with van der Waals surface area (Å²) in [6, 6.07) is 12.4. The number of rotatable bonds is 5. The van der Waals surface area contributed by atoms with Crippen molar-refractivity contribution in [3.05, 3.63) is 66.1 Å². The van der Waals surface area contributed by atoms with E-state index in [0.29, 0.717) is 11.3 Å². The van der Waals surface area contributed by atoms with Gasteiger partial charge in [0.25, 0.3) is 5.91 Å². The average molecular weight is 434 g/mol. The summed E-state index contributed by atoms with van der Waals surface area (Å²) in [6.07, 6.45) is -4.58. The highest BCUT2D eigenvalue weighted by molar-refractivity contribution is 5.95. The van der Waals surface area contributed by atoms with Crippen molar-refractivity contribution in [3.8, 4) is 5.75 Å². The van der Waals surface area contributed by atoms with Crippen molar-refractivity contribution in [1.82, 2.24) is 4.98 Å². The summed E-state index contributed by atoms with van der Waals surface area (Å²) in [6.45, 7) is -0.189. The van der Waals surface area contributed by atoms with Crippen LogP contribution >= 0.6 is 0 Å². The first kappa shape index (κ1) is 21.0. The fourth-order valence-corrected chi connectivity index (χ4v) is 3.44. The molecule has 0 aliphatic carbocycles. The number of ether oxygens (including phenoxy) is 2. The number of morpholine rings is 1. The van der Waals surface area contributed by atoms with Crippen LogP contribution in [0.25, 0.3) is 10.9 Å². The summed E-state index contributed by atoms with van der Waals surface area (Å²) in [4.78, 5) is 17.7. The van der Waals surface area contributed by atoms with Crippen molar-refractivity contribution in [2.45, 2.75) is 18.7 Å². The van der Waals surface area contributed by atoms with Gasteiger partial charge in [-0.2, -0.15) is 13.2 Å². The highest BCUT2D eigenvalue weighted by Crippen LogP contribution is 2.28. The summed E-state index contributed by atoms with van der Waals surface area (Å²) in [5.41, 5.74) is 0.383. The first-order chi connectivity index (χ1) is 14.8. The molecule has 1 atom stereocenters. The number of para-hydroxylation sites is 1. The number of carbonyl (C=O) groups excluding carboxylic acids is 1. The van der Waals surface area contributed by atoms with Crippen LogP contribution in [-0.4, -0.2) is 42.9 Å². The van der Waals surface area contributed by atoms with Gasteiger partial charge < -0.3 is 14.4 Å². The molecule has 0 radical (unpaired) electrons. The van der Waals surface area contributed by atoms with Gasteiger partial charge in [-0.15, -0.1) is 0 Å². The standard InChI is InChI=1S/C22H18F4N2O3/c23-17-9-14(10-22(24,25)26)6-7-18(17)28-11-16(30-13-20(28)29)12-31-19-5-1-3-15-4-2-8-27-21(15)19/h1-9,16H,10-13H2/t16-/m0/s1. The molecule has 1 aliphatic heterocycles. The predicted octanol–water partition coefficient (Wildman–Crippen LogP) is 4.29. The monoisotopic (exact) mass is 434 g/mol. The van der Waals surface area contributed by atoms with E-state index in [2.05, 4.69) is 4.98 Å². The molecule has 1 saturated heterocycles. The van der Waals surface area contributed by atoms with Gasteiger partial charge >= 0.3 is 6.18 Å². The molecule has 3 aromatic rings. The molecule has 31 heavy (non-hydrogen) atoms. The lowest BCUT2D eigenvalue weighted by Crippen LogP contribution is -2.49. The molecule has 5 nitrogen and oxygen atoms in total. The summed E-state index contributed by atoms with van der Waals surface area (Å²) >= 11 is 0. The maximum Gasteiger partial charge on any atom is 0.393 e. The number of halogens is 4. The van der Waals surface area contributed by atoms with Crippen LogP contribution in [0, 0.1) is 5.82 Å². The average Bonchev–Trinajstić information content (AvgIpc) is 2.72. The number of aromatic nitrogens is 1. The number of hydrogen-bond donors (Lipinski definition) is 0. The van der Waals surface area contributed by atoms with Gasteiger partial charge in [-0.25, -0.2) is 4.39 Å². The molecule has 1 aromatic heterocycles. The second kappa shape index (κ2) is 8.50. The number of fused-ring (bicyclic) bond motifs is 1. The number of anilines is 1. The quantitative estimate of drug-likeness (QED) is 0.563. The van der Waals surface area contributed by atoms with E-state index in [1.54, 1.807) is 12.3 Å². The third kappa shape index (κ3) is 4.93. The zero-order valence-electron chi connectivity index (χ0n) is 16.2. The van der Waals surface area contributed by atoms with E-state index >= 15 is 0 Å². The SMILES string of the molecule is O=C1CO[C@H](COc2cccc3cccnc23)CN1c1ccc(CC(F)(F)F)cc1F. The largest absolute Gasteiger partial charge is 0.489 e. The van der Waals surface area contributed by atoms with Crippen LogP contribution in [0.2, 0.25) is 0 Å². The highest BCUT2D eigenvalue weighted by atomic mass is 19.4. The zero-order valence-corrected chi connectivity index (χ0v) is 16.2. The van der Waals surface area contributed by atoms with Crippen LogP contribution in [-0.2, 0) is 16.0 Å². The molecule has 9 heteroatoms. The Balaban J connectivity index is 1.46. The van der Waals surface area contributed by atoms with Crippen LogP contribution in [0.4, 0.5) is 23.2 Å². The Morgan fingerprint density at radius 2 is 1.97 bits per heavy atom. The van der Waals surface area contributed by atoms with Crippen LogP contribution in [0.15, 0.2) is 54.7 Å². The van der Waals surface area contributed by atoms with Gasteiger partial charge in [0.2, 0.25) is 0 Å². The van der Waals surface area contributed by atoms with Crippen molar-refractivity contribution < 1.29 is 31.8 Å². The van der Waals surface area contributed by atoms with Crippen molar-refractivity contribution in [2.75, 3.05) is 24.7 Å². The maximum atomic E-state index is 14.5. The number of nitrogens with zero attached hydrogens (tertiary/aromatic N) is 2. The maximum absolute atomic E-state index is 14.5. The van der Waals surface area contributed by atoms with E-state index in [1.165, 1.54) is 17.0 Å². The fourth-order valence-electron chi connectivity index (χ4n) is 3.44. The number of hydrogen-bond acceptors (Lipinski definition) is 4. The third-order valence-electron chi connectivity index (χ3n) is 4.86. The van der Waals surface area contributed by atoms with Crippen LogP contribution in [0.5, 0.6) is 5.75 Å². The molecule has 1 fully saturated rings. The van der Waals surface area contributed by atoms with Gasteiger partial charge in [-0.05, 0) is 29.8 Å². The van der Waals surface area contributed by atoms with E-state index < -0.39 is 30.4 Å². The molecule has 0 saturated carbocycles. The Kier molecular flexibility index (Phi) is 5.77. The molecular formula is C22H18F4N2O3. The number of carbonyl (C=O) groups is 1. The molecule has 0 bridgehead atoms. The second-order valence-corrected chi connectivity index (χ2v) is 7.16. The topological polar surface area (TPSA) is 51.7 Å². The first-order valence-electron chi connectivity index (χ1n) is 9.54. The second-order valence-electron chi connectivity index (χ2n) is 7.16. The molecular weight excluding hydrogens is 416 g/mol. The fraction of sp³-hybridized carbons (Fsp3) is 0.273. The van der Waals surface area contributed by atoms with Crippen molar-refractivity contribution in [1.29, 1.82) is 0 Å². The summed E-state index contributed by atoms with van der Waals surface area (Å²) in [5, 5.41) is 0.905. The van der Waals surface area contributed by atoms with Gasteiger partial charge in [0.15, 0.2) is 0 Å². The predicted molar refractivity (Wildman–Crippen MR) is 105 cm³/mol. The molecule has 1 aliphatic rings. The number of alkyl halides is 3. The number of benzene rings is 2. The first-order valence-corrected chi connectivity index (χ1v) is 9.54. The van der Waals surface area contributed by atoms with Crippen LogP contribution in [0.3, 0.4) is 0 Å². The Bertz CT molecular complexity index is 1100. The minimum absolute atomic E-state index is 0.00651. The summed E-state index contributed by atoms with van der Waals surface area (Å²) in [5.74, 6) is -0.826. The molecule has 2 heterocycles. The third-order valence-corrected chi connectivity index (χ3v) is 4.86. The zero-order chi connectivity index (χ0) is 22.0. The van der Waals surface area contributed by atoms with Gasteiger partial charge in [0.05, 0.1) is 18.7 Å². The minimum atomic E-state index is -4.44. The van der Waals surface area contributed by atoms with Crippen molar-refractivity contribution in [3.63, 3.8) is 0 Å². The van der Waals surface area contributed by atoms with E-state index in [-0.39, 0.29) is 31.0 Å². The van der Waals surface area contributed by atoms with Gasteiger partial charge in [0.1, 0.15) is 36.4 Å². The lowest BCUT2D eigenvalue weighted by Gasteiger charge is -2.33. The minimum Gasteiger partial charge on any atom is -0.489 e. The highest BCUT2D eigenvalue weighted by Gasteiger charge is 2.31. The molecule has 0 unspecified atom stereocenters. The van der Waals surface area contributed by atoms with E-state index in [9.17, 15) is 22.4 Å². The Labute approximate surface area is 175 Å². The lowest BCUT2D eigenvalue weighted by atomic mass is 10.1. The van der Waals surface area contributed by atoms with Gasteiger partial charge in [0, 0.05) is 11.6 Å². The van der Waals surface area contributed by atoms with Gasteiger partial charge in [-0.3, -0.25) is 9.78 Å². The summed E-state index contributed by atoms with van der Waals surface area (Å²) < 4.78 is 63.5. The molecule has 0 spiro atoms. The Hall–Kier alpha value is -3.20. The van der Waals surface area contributed by atoms with Crippen molar-refractivity contribution >= 4 is 22.5 Å². The lowest BCUT2D eigenvalue weighted by molar-refractivity contribution is -0.130. The van der Waals surface area contributed by atoms with Crippen LogP contribution in [0.1, 0.15) is 5.56 Å². The number of pyridine rings is 1. The van der Waals surface area contributed by atoms with E-state index in [4.69, 9.17) is 9.47 Å². The Morgan fingerprint density at radius 1 is 1.16 bits per heavy atom.